The van der Waals surface area contributed by atoms with Gasteiger partial charge in [-0.3, -0.25) is 5.01 Å². The molecular formula is C13H12FN3O2. The molecule has 0 fully saturated rings. The predicted octanol–water partition coefficient (Wildman–Crippen LogP) is 1.67. The van der Waals surface area contributed by atoms with Crippen LogP contribution in [0.2, 0.25) is 0 Å². The molecular weight excluding hydrogens is 249 g/mol. The number of ether oxygens (including phenoxy) is 1. The van der Waals surface area contributed by atoms with Gasteiger partial charge >= 0.3 is 5.97 Å². The summed E-state index contributed by atoms with van der Waals surface area (Å²) in [5.41, 5.74) is 0.527. The van der Waals surface area contributed by atoms with Crippen molar-refractivity contribution in [3.63, 3.8) is 0 Å². The van der Waals surface area contributed by atoms with Gasteiger partial charge in [-0.2, -0.15) is 10.4 Å². The number of carbonyl (C=O) groups is 1. The van der Waals surface area contributed by atoms with E-state index in [0.717, 1.165) is 0 Å². The molecule has 0 amide bonds. The van der Waals surface area contributed by atoms with Crippen LogP contribution in [0.15, 0.2) is 41.1 Å². The van der Waals surface area contributed by atoms with Crippen LogP contribution in [0.4, 0.5) is 4.39 Å². The van der Waals surface area contributed by atoms with Crippen LogP contribution in [0.25, 0.3) is 0 Å². The lowest BCUT2D eigenvalue weighted by atomic mass is 10.2. The summed E-state index contributed by atoms with van der Waals surface area (Å²) in [5.74, 6) is -1.06. The molecule has 0 bridgehead atoms. The standard InChI is InChI=1S/C13H12FN3O2/c1-17(9-11(7-15)13(18)19-2)16-8-10-3-5-12(14)6-4-10/h3-6,8-9H,1-2H3/b11-9+,16-8+. The Morgan fingerprint density at radius 2 is 2.11 bits per heavy atom. The molecule has 98 valence electrons. The number of halogens is 1. The monoisotopic (exact) mass is 261 g/mol. The van der Waals surface area contributed by atoms with Gasteiger partial charge in [0, 0.05) is 13.2 Å². The minimum Gasteiger partial charge on any atom is -0.465 e. The second-order valence-corrected chi connectivity index (χ2v) is 3.52. The van der Waals surface area contributed by atoms with Gasteiger partial charge in [0.1, 0.15) is 11.9 Å². The maximum absolute atomic E-state index is 12.7. The molecule has 5 nitrogen and oxygen atoms in total. The number of hydrogen-bond donors (Lipinski definition) is 0. The molecule has 0 aliphatic rings. The van der Waals surface area contributed by atoms with Crippen LogP contribution in [0, 0.1) is 17.1 Å². The molecule has 0 radical (unpaired) electrons. The molecule has 0 saturated heterocycles. The van der Waals surface area contributed by atoms with Crippen molar-refractivity contribution in [1.29, 1.82) is 5.26 Å². The minimum atomic E-state index is -0.730. The number of rotatable bonds is 4. The van der Waals surface area contributed by atoms with Gasteiger partial charge in [-0.05, 0) is 17.7 Å². The third-order valence-electron chi connectivity index (χ3n) is 2.10. The number of esters is 1. The summed E-state index contributed by atoms with van der Waals surface area (Å²) in [6.45, 7) is 0. The molecule has 0 heterocycles. The van der Waals surface area contributed by atoms with E-state index in [1.165, 1.54) is 36.7 Å². The number of benzene rings is 1. The van der Waals surface area contributed by atoms with E-state index in [2.05, 4.69) is 9.84 Å². The quantitative estimate of drug-likeness (QED) is 0.272. The number of hydrazone groups is 1. The SMILES string of the molecule is COC(=O)/C(C#N)=C/N(C)/N=C/c1ccc(F)cc1. The number of nitriles is 1. The Labute approximate surface area is 110 Å². The van der Waals surface area contributed by atoms with Crippen LogP contribution < -0.4 is 0 Å². The highest BCUT2D eigenvalue weighted by Crippen LogP contribution is 2.02. The van der Waals surface area contributed by atoms with Crippen molar-refractivity contribution in [3.05, 3.63) is 47.4 Å². The Bertz CT molecular complexity index is 544. The van der Waals surface area contributed by atoms with Crippen LogP contribution in [-0.2, 0) is 9.53 Å². The second kappa shape index (κ2) is 6.91. The van der Waals surface area contributed by atoms with Crippen molar-refractivity contribution in [1.82, 2.24) is 5.01 Å². The Morgan fingerprint density at radius 1 is 1.47 bits per heavy atom. The molecule has 0 atom stereocenters. The fourth-order valence-electron chi connectivity index (χ4n) is 1.16. The molecule has 0 aromatic heterocycles. The van der Waals surface area contributed by atoms with Gasteiger partial charge in [0.25, 0.3) is 0 Å². The van der Waals surface area contributed by atoms with E-state index < -0.39 is 5.97 Å². The topological polar surface area (TPSA) is 65.7 Å². The van der Waals surface area contributed by atoms with E-state index in [9.17, 15) is 9.18 Å². The van der Waals surface area contributed by atoms with E-state index in [1.54, 1.807) is 25.2 Å². The maximum Gasteiger partial charge on any atom is 0.350 e. The highest BCUT2D eigenvalue weighted by molar-refractivity contribution is 5.92. The Balaban J connectivity index is 2.76. The Morgan fingerprint density at radius 3 is 2.63 bits per heavy atom. The first-order valence-corrected chi connectivity index (χ1v) is 5.29. The molecule has 1 aromatic carbocycles. The highest BCUT2D eigenvalue weighted by Gasteiger charge is 2.08. The third kappa shape index (κ3) is 4.60. The van der Waals surface area contributed by atoms with E-state index in [0.29, 0.717) is 5.56 Å². The van der Waals surface area contributed by atoms with Crippen molar-refractivity contribution in [2.24, 2.45) is 5.10 Å². The molecule has 1 rings (SSSR count). The molecule has 0 saturated carbocycles. The number of hydrogen-bond acceptors (Lipinski definition) is 5. The molecule has 1 aromatic rings. The van der Waals surface area contributed by atoms with Crippen molar-refractivity contribution in [2.45, 2.75) is 0 Å². The van der Waals surface area contributed by atoms with Crippen molar-refractivity contribution in [2.75, 3.05) is 14.2 Å². The van der Waals surface area contributed by atoms with Crippen LogP contribution in [0.3, 0.4) is 0 Å². The summed E-state index contributed by atoms with van der Waals surface area (Å²) in [4.78, 5) is 11.2. The molecule has 19 heavy (non-hydrogen) atoms. The lowest BCUT2D eigenvalue weighted by Crippen LogP contribution is -2.09. The molecule has 0 N–H and O–H groups in total. The summed E-state index contributed by atoms with van der Waals surface area (Å²) < 4.78 is 17.1. The third-order valence-corrected chi connectivity index (χ3v) is 2.10. The van der Waals surface area contributed by atoms with Gasteiger partial charge in [0.05, 0.1) is 13.3 Å². The fraction of sp³-hybridized carbons (Fsp3) is 0.154. The number of methoxy groups -OCH3 is 1. The van der Waals surface area contributed by atoms with Gasteiger partial charge in [-0.1, -0.05) is 12.1 Å². The largest absolute Gasteiger partial charge is 0.465 e. The summed E-state index contributed by atoms with van der Waals surface area (Å²) in [6.07, 6.45) is 2.72. The average Bonchev–Trinajstić information content (AvgIpc) is 2.43. The van der Waals surface area contributed by atoms with E-state index >= 15 is 0 Å². The first-order valence-electron chi connectivity index (χ1n) is 5.29. The normalized spacial score (nSPS) is 11.2. The predicted molar refractivity (Wildman–Crippen MR) is 67.5 cm³/mol. The summed E-state index contributed by atoms with van der Waals surface area (Å²) in [7, 11) is 2.75. The molecule has 6 heteroatoms. The second-order valence-electron chi connectivity index (χ2n) is 3.52. The smallest absolute Gasteiger partial charge is 0.350 e. The maximum atomic E-state index is 12.7. The zero-order valence-corrected chi connectivity index (χ0v) is 10.5. The lowest BCUT2D eigenvalue weighted by molar-refractivity contribution is -0.135. The van der Waals surface area contributed by atoms with Gasteiger partial charge in [0.2, 0.25) is 0 Å². The highest BCUT2D eigenvalue weighted by atomic mass is 19.1. The van der Waals surface area contributed by atoms with Crippen molar-refractivity contribution >= 4 is 12.2 Å². The summed E-state index contributed by atoms with van der Waals surface area (Å²) in [6, 6.07) is 7.45. The van der Waals surface area contributed by atoms with Gasteiger partial charge < -0.3 is 4.74 Å². The van der Waals surface area contributed by atoms with Crippen LogP contribution in [0.5, 0.6) is 0 Å². The zero-order valence-electron chi connectivity index (χ0n) is 10.5. The first kappa shape index (κ1) is 14.4. The minimum absolute atomic E-state index is 0.166. The van der Waals surface area contributed by atoms with E-state index in [-0.39, 0.29) is 11.4 Å². The average molecular weight is 261 g/mol. The fourth-order valence-corrected chi connectivity index (χ4v) is 1.16. The van der Waals surface area contributed by atoms with Gasteiger partial charge in [0.15, 0.2) is 5.57 Å². The lowest BCUT2D eigenvalue weighted by Gasteiger charge is -2.06. The molecule has 0 unspecified atom stereocenters. The molecule has 0 spiro atoms. The number of carbonyl (C=O) groups excluding carboxylic acids is 1. The van der Waals surface area contributed by atoms with Crippen molar-refractivity contribution in [3.8, 4) is 6.07 Å². The van der Waals surface area contributed by atoms with Crippen molar-refractivity contribution < 1.29 is 13.9 Å². The van der Waals surface area contributed by atoms with Gasteiger partial charge in [-0.15, -0.1) is 0 Å². The Kier molecular flexibility index (Phi) is 5.23. The van der Waals surface area contributed by atoms with Crippen LogP contribution in [0.1, 0.15) is 5.56 Å². The summed E-state index contributed by atoms with van der Waals surface area (Å²) >= 11 is 0. The molecule has 0 aliphatic carbocycles. The van der Waals surface area contributed by atoms with E-state index in [1.807, 2.05) is 0 Å². The van der Waals surface area contributed by atoms with Crippen LogP contribution in [-0.4, -0.2) is 31.4 Å². The first-order chi connectivity index (χ1) is 9.06. The molecule has 0 aliphatic heterocycles. The van der Waals surface area contributed by atoms with Crippen LogP contribution >= 0.6 is 0 Å². The Hall–Kier alpha value is -2.68. The number of nitrogens with zero attached hydrogens (tertiary/aromatic N) is 3. The van der Waals surface area contributed by atoms with E-state index in [4.69, 9.17) is 5.26 Å². The van der Waals surface area contributed by atoms with Gasteiger partial charge in [-0.25, -0.2) is 9.18 Å². The zero-order chi connectivity index (χ0) is 14.3. The summed E-state index contributed by atoms with van der Waals surface area (Å²) in [5, 5.41) is 14.0.